The van der Waals surface area contributed by atoms with Crippen LogP contribution in [0.1, 0.15) is 21.5 Å². The van der Waals surface area contributed by atoms with E-state index in [0.717, 1.165) is 13.0 Å². The number of rotatable bonds is 6. The van der Waals surface area contributed by atoms with Crippen molar-refractivity contribution < 1.29 is 14.7 Å². The normalized spacial score (nSPS) is 16.4. The lowest BCUT2D eigenvalue weighted by Crippen LogP contribution is -2.46. The number of para-hydroxylation sites is 1. The Hall–Kier alpha value is -2.86. The van der Waals surface area contributed by atoms with Crippen molar-refractivity contribution in [1.82, 2.24) is 9.80 Å². The Balaban J connectivity index is 1.70. The lowest BCUT2D eigenvalue weighted by atomic mass is 9.94. The maximum atomic E-state index is 13.0. The highest BCUT2D eigenvalue weighted by atomic mass is 16.4. The number of benzene rings is 2. The Morgan fingerprint density at radius 1 is 1.15 bits per heavy atom. The molecule has 0 aliphatic carbocycles. The number of nitrogens with zero attached hydrogens (tertiary/aromatic N) is 2. The molecule has 2 aromatic rings. The maximum Gasteiger partial charge on any atom is 0.322 e. The van der Waals surface area contributed by atoms with Gasteiger partial charge in [-0.2, -0.15) is 0 Å². The number of hydrogen-bond donors (Lipinski definition) is 2. The summed E-state index contributed by atoms with van der Waals surface area (Å²) in [5.74, 6) is -1.08. The predicted octanol–water partition coefficient (Wildman–Crippen LogP) is 2.31. The standard InChI is InChI=1S/C21H25N3O3/c1-23-13-16-8-4-3-7-15(16)11-17(23)14-24(2)21(27)18-9-5-6-10-19(18)22-12-20(25)26/h3-10,17,22H,11-14H2,1-2H3,(H,25,26)/t17-/m0/s1. The van der Waals surface area contributed by atoms with E-state index in [4.69, 9.17) is 5.11 Å². The molecule has 0 bridgehead atoms. The largest absolute Gasteiger partial charge is 0.480 e. The van der Waals surface area contributed by atoms with E-state index in [1.807, 2.05) is 0 Å². The number of carboxylic acid groups (broad SMARTS) is 1. The molecule has 0 radical (unpaired) electrons. The van der Waals surface area contributed by atoms with Crippen molar-refractivity contribution in [2.24, 2.45) is 0 Å². The monoisotopic (exact) mass is 367 g/mol. The smallest absolute Gasteiger partial charge is 0.322 e. The van der Waals surface area contributed by atoms with E-state index in [0.29, 0.717) is 17.8 Å². The zero-order valence-electron chi connectivity index (χ0n) is 15.7. The fraction of sp³-hybridized carbons (Fsp3) is 0.333. The second-order valence-electron chi connectivity index (χ2n) is 7.02. The van der Waals surface area contributed by atoms with Gasteiger partial charge in [0, 0.05) is 31.9 Å². The zero-order valence-corrected chi connectivity index (χ0v) is 15.7. The van der Waals surface area contributed by atoms with Crippen molar-refractivity contribution in [3.8, 4) is 0 Å². The van der Waals surface area contributed by atoms with Crippen molar-refractivity contribution in [3.05, 3.63) is 65.2 Å². The minimum atomic E-state index is -0.965. The second kappa shape index (κ2) is 8.22. The van der Waals surface area contributed by atoms with Gasteiger partial charge in [0.15, 0.2) is 0 Å². The number of amides is 1. The molecular weight excluding hydrogens is 342 g/mol. The summed E-state index contributed by atoms with van der Waals surface area (Å²) in [6.07, 6.45) is 0.906. The third-order valence-electron chi connectivity index (χ3n) is 5.04. The number of carbonyl (C=O) groups excluding carboxylic acids is 1. The summed E-state index contributed by atoms with van der Waals surface area (Å²) in [4.78, 5) is 27.8. The van der Waals surface area contributed by atoms with Gasteiger partial charge in [0.25, 0.3) is 5.91 Å². The fourth-order valence-electron chi connectivity index (χ4n) is 3.52. The first-order valence-corrected chi connectivity index (χ1v) is 9.03. The van der Waals surface area contributed by atoms with Crippen LogP contribution in [0.3, 0.4) is 0 Å². The average molecular weight is 367 g/mol. The van der Waals surface area contributed by atoms with E-state index >= 15 is 0 Å². The Bertz CT molecular complexity index is 837. The van der Waals surface area contributed by atoms with Crippen molar-refractivity contribution >= 4 is 17.6 Å². The molecule has 142 valence electrons. The molecule has 6 heteroatoms. The van der Waals surface area contributed by atoms with Gasteiger partial charge in [0.2, 0.25) is 0 Å². The van der Waals surface area contributed by atoms with E-state index in [9.17, 15) is 9.59 Å². The number of carbonyl (C=O) groups is 2. The highest BCUT2D eigenvalue weighted by Crippen LogP contribution is 2.23. The van der Waals surface area contributed by atoms with Crippen molar-refractivity contribution in [2.75, 3.05) is 32.5 Å². The lowest BCUT2D eigenvalue weighted by molar-refractivity contribution is -0.134. The van der Waals surface area contributed by atoms with E-state index < -0.39 is 5.97 Å². The molecule has 0 spiro atoms. The van der Waals surface area contributed by atoms with Crippen LogP contribution >= 0.6 is 0 Å². The third-order valence-corrected chi connectivity index (χ3v) is 5.04. The summed E-state index contributed by atoms with van der Waals surface area (Å²) in [5, 5.41) is 11.7. The molecule has 3 rings (SSSR count). The summed E-state index contributed by atoms with van der Waals surface area (Å²) in [7, 11) is 3.88. The van der Waals surface area contributed by atoms with Crippen molar-refractivity contribution in [2.45, 2.75) is 19.0 Å². The quantitative estimate of drug-likeness (QED) is 0.820. The molecule has 0 unspecified atom stereocenters. The van der Waals surface area contributed by atoms with Crippen LogP contribution < -0.4 is 5.32 Å². The molecule has 1 aliphatic heterocycles. The summed E-state index contributed by atoms with van der Waals surface area (Å²) in [6.45, 7) is 1.26. The first-order valence-electron chi connectivity index (χ1n) is 9.03. The molecule has 0 saturated carbocycles. The molecule has 27 heavy (non-hydrogen) atoms. The van der Waals surface area contributed by atoms with Crippen molar-refractivity contribution in [3.63, 3.8) is 0 Å². The van der Waals surface area contributed by atoms with Gasteiger partial charge in [-0.05, 0) is 36.7 Å². The van der Waals surface area contributed by atoms with E-state index in [2.05, 4.69) is 41.5 Å². The van der Waals surface area contributed by atoms with Crippen LogP contribution in [-0.2, 0) is 17.8 Å². The lowest BCUT2D eigenvalue weighted by Gasteiger charge is -2.36. The van der Waals surface area contributed by atoms with Crippen LogP contribution in [0.25, 0.3) is 0 Å². The van der Waals surface area contributed by atoms with Gasteiger partial charge in [-0.3, -0.25) is 14.5 Å². The van der Waals surface area contributed by atoms with Gasteiger partial charge in [0.05, 0.1) is 5.56 Å². The van der Waals surface area contributed by atoms with Crippen LogP contribution in [0.2, 0.25) is 0 Å². The molecule has 6 nitrogen and oxygen atoms in total. The first kappa shape index (κ1) is 18.9. The maximum absolute atomic E-state index is 13.0. The second-order valence-corrected chi connectivity index (χ2v) is 7.02. The van der Waals surface area contributed by atoms with Crippen LogP contribution in [0.4, 0.5) is 5.69 Å². The minimum absolute atomic E-state index is 0.115. The number of hydrogen-bond acceptors (Lipinski definition) is 4. The Kier molecular flexibility index (Phi) is 5.76. The highest BCUT2D eigenvalue weighted by molar-refractivity contribution is 5.99. The third kappa shape index (κ3) is 4.46. The highest BCUT2D eigenvalue weighted by Gasteiger charge is 2.26. The van der Waals surface area contributed by atoms with Gasteiger partial charge in [0.1, 0.15) is 6.54 Å². The number of carboxylic acids is 1. The molecule has 1 aliphatic rings. The molecule has 2 N–H and O–H groups in total. The van der Waals surface area contributed by atoms with Gasteiger partial charge < -0.3 is 15.3 Å². The Labute approximate surface area is 159 Å². The number of aliphatic carboxylic acids is 1. The Morgan fingerprint density at radius 3 is 2.56 bits per heavy atom. The van der Waals surface area contributed by atoms with Crippen molar-refractivity contribution in [1.29, 1.82) is 0 Å². The average Bonchev–Trinajstić information content (AvgIpc) is 2.66. The molecule has 2 aromatic carbocycles. The Morgan fingerprint density at radius 2 is 1.81 bits per heavy atom. The van der Waals surface area contributed by atoms with E-state index in [-0.39, 0.29) is 18.5 Å². The minimum Gasteiger partial charge on any atom is -0.480 e. The summed E-state index contributed by atoms with van der Waals surface area (Å²) in [6, 6.07) is 15.7. The summed E-state index contributed by atoms with van der Waals surface area (Å²) in [5.41, 5.74) is 3.71. The van der Waals surface area contributed by atoms with Gasteiger partial charge in [-0.1, -0.05) is 36.4 Å². The molecule has 0 aromatic heterocycles. The van der Waals surface area contributed by atoms with Gasteiger partial charge >= 0.3 is 5.97 Å². The molecule has 0 saturated heterocycles. The molecule has 1 heterocycles. The molecule has 0 fully saturated rings. The summed E-state index contributed by atoms with van der Waals surface area (Å²) < 4.78 is 0. The van der Waals surface area contributed by atoms with Crippen LogP contribution in [0, 0.1) is 0 Å². The molecule has 1 atom stereocenters. The number of likely N-dealkylation sites (N-methyl/N-ethyl adjacent to an activating group) is 2. The first-order chi connectivity index (χ1) is 13.0. The number of anilines is 1. The molecule has 1 amide bonds. The van der Waals surface area contributed by atoms with Gasteiger partial charge in [-0.15, -0.1) is 0 Å². The van der Waals surface area contributed by atoms with E-state index in [1.54, 1.807) is 36.2 Å². The number of fused-ring (bicyclic) bond motifs is 1. The number of nitrogens with one attached hydrogen (secondary N) is 1. The molecular formula is C21H25N3O3. The SMILES string of the molecule is CN(C[C@@H]1Cc2ccccc2CN1C)C(=O)c1ccccc1NCC(=O)O. The fourth-order valence-corrected chi connectivity index (χ4v) is 3.52. The zero-order chi connectivity index (χ0) is 19.4. The predicted molar refractivity (Wildman–Crippen MR) is 105 cm³/mol. The van der Waals surface area contributed by atoms with E-state index in [1.165, 1.54) is 11.1 Å². The summed E-state index contributed by atoms with van der Waals surface area (Å²) >= 11 is 0. The van der Waals surface area contributed by atoms with Crippen LogP contribution in [0.15, 0.2) is 48.5 Å². The van der Waals surface area contributed by atoms with Gasteiger partial charge in [-0.25, -0.2) is 0 Å². The van der Waals surface area contributed by atoms with Crippen LogP contribution in [-0.4, -0.2) is 60.0 Å². The topological polar surface area (TPSA) is 72.9 Å². The van der Waals surface area contributed by atoms with Crippen LogP contribution in [0.5, 0.6) is 0 Å².